The van der Waals surface area contributed by atoms with Gasteiger partial charge in [-0.2, -0.15) is 0 Å². The summed E-state index contributed by atoms with van der Waals surface area (Å²) in [6.07, 6.45) is 2.39. The van der Waals surface area contributed by atoms with Gasteiger partial charge in [0.1, 0.15) is 0 Å². The van der Waals surface area contributed by atoms with E-state index in [0.717, 1.165) is 13.1 Å². The van der Waals surface area contributed by atoms with E-state index in [9.17, 15) is 4.79 Å². The van der Waals surface area contributed by atoms with Crippen molar-refractivity contribution in [3.8, 4) is 0 Å². The summed E-state index contributed by atoms with van der Waals surface area (Å²) in [5, 5.41) is 5.88. The topological polar surface area (TPSA) is 67.2 Å². The van der Waals surface area contributed by atoms with E-state index in [-0.39, 0.29) is 0 Å². The van der Waals surface area contributed by atoms with Gasteiger partial charge >= 0.3 is 6.03 Å². The van der Waals surface area contributed by atoms with Gasteiger partial charge in [-0.05, 0) is 31.8 Å². The van der Waals surface area contributed by atoms with Crippen LogP contribution in [0.15, 0.2) is 0 Å². The van der Waals surface area contributed by atoms with E-state index in [4.69, 9.17) is 5.73 Å². The van der Waals surface area contributed by atoms with E-state index in [1.807, 2.05) is 0 Å². The first-order valence-electron chi connectivity index (χ1n) is 4.03. The van der Waals surface area contributed by atoms with Crippen molar-refractivity contribution in [1.82, 2.24) is 10.6 Å². The van der Waals surface area contributed by atoms with Crippen LogP contribution >= 0.6 is 0 Å². The second-order valence-electron chi connectivity index (χ2n) is 2.96. The Kier molecular flexibility index (Phi) is 3.16. The maximum Gasteiger partial charge on any atom is 0.312 e. The Bertz CT molecular complexity index is 132. The monoisotopic (exact) mass is 157 g/mol. The van der Waals surface area contributed by atoms with Crippen LogP contribution in [0, 0.1) is 5.92 Å². The second kappa shape index (κ2) is 4.18. The summed E-state index contributed by atoms with van der Waals surface area (Å²) in [7, 11) is 0. The number of amides is 2. The number of primary amides is 1. The largest absolute Gasteiger partial charge is 0.352 e. The quantitative estimate of drug-likeness (QED) is 0.513. The Morgan fingerprint density at radius 2 is 2.55 bits per heavy atom. The molecular formula is C7H15N3O. The molecule has 2 amide bonds. The van der Waals surface area contributed by atoms with Crippen molar-refractivity contribution in [3.05, 3.63) is 0 Å². The first-order chi connectivity index (χ1) is 5.29. The fourth-order valence-corrected chi connectivity index (χ4v) is 1.34. The van der Waals surface area contributed by atoms with E-state index in [0.29, 0.717) is 12.5 Å². The third kappa shape index (κ3) is 3.23. The Morgan fingerprint density at radius 1 is 1.73 bits per heavy atom. The van der Waals surface area contributed by atoms with E-state index >= 15 is 0 Å². The Balaban J connectivity index is 2.09. The van der Waals surface area contributed by atoms with Crippen LogP contribution in [0.25, 0.3) is 0 Å². The molecule has 0 aromatic rings. The average Bonchev–Trinajstić information content (AvgIpc) is 2.03. The molecule has 1 rings (SSSR count). The molecule has 64 valence electrons. The highest BCUT2D eigenvalue weighted by molar-refractivity contribution is 5.71. The molecule has 0 spiro atoms. The van der Waals surface area contributed by atoms with Crippen molar-refractivity contribution in [2.45, 2.75) is 12.8 Å². The standard InChI is InChI=1S/C7H15N3O/c8-7(11)10-5-6-2-1-3-9-4-6/h6,9H,1-5H2,(H3,8,10,11)/t6-/m1/s1. The van der Waals surface area contributed by atoms with Gasteiger partial charge in [0.05, 0.1) is 0 Å². The number of hydrogen-bond acceptors (Lipinski definition) is 2. The minimum absolute atomic E-state index is 0.421. The molecule has 4 heteroatoms. The lowest BCUT2D eigenvalue weighted by atomic mass is 10.00. The van der Waals surface area contributed by atoms with Crippen molar-refractivity contribution in [1.29, 1.82) is 0 Å². The molecule has 1 atom stereocenters. The Labute approximate surface area is 66.5 Å². The van der Waals surface area contributed by atoms with Crippen molar-refractivity contribution in [2.24, 2.45) is 11.7 Å². The summed E-state index contributed by atoms with van der Waals surface area (Å²) in [5.74, 6) is 0.566. The zero-order valence-corrected chi connectivity index (χ0v) is 6.60. The summed E-state index contributed by atoms with van der Waals surface area (Å²) in [6, 6.07) is -0.421. The van der Waals surface area contributed by atoms with Crippen molar-refractivity contribution >= 4 is 6.03 Å². The second-order valence-corrected chi connectivity index (χ2v) is 2.96. The molecule has 1 aliphatic rings. The SMILES string of the molecule is NC(=O)NC[C@@H]1CCCNC1. The Hall–Kier alpha value is -0.770. The van der Waals surface area contributed by atoms with E-state index < -0.39 is 6.03 Å². The minimum Gasteiger partial charge on any atom is -0.352 e. The van der Waals surface area contributed by atoms with Crippen LogP contribution in [0.5, 0.6) is 0 Å². The van der Waals surface area contributed by atoms with Crippen LogP contribution < -0.4 is 16.4 Å². The van der Waals surface area contributed by atoms with Crippen LogP contribution in [0.3, 0.4) is 0 Å². The summed E-state index contributed by atoms with van der Waals surface area (Å²) < 4.78 is 0. The minimum atomic E-state index is -0.421. The van der Waals surface area contributed by atoms with Gasteiger partial charge in [0.2, 0.25) is 0 Å². The molecule has 1 fully saturated rings. The number of nitrogens with two attached hydrogens (primary N) is 1. The molecule has 1 aliphatic heterocycles. The molecule has 0 saturated carbocycles. The lowest BCUT2D eigenvalue weighted by Gasteiger charge is -2.22. The predicted octanol–water partition coefficient (Wildman–Crippen LogP) is -0.346. The first kappa shape index (κ1) is 8.33. The normalized spacial score (nSPS) is 24.5. The van der Waals surface area contributed by atoms with Crippen LogP contribution in [0.2, 0.25) is 0 Å². The van der Waals surface area contributed by atoms with Crippen molar-refractivity contribution in [2.75, 3.05) is 19.6 Å². The van der Waals surface area contributed by atoms with Crippen molar-refractivity contribution < 1.29 is 4.79 Å². The molecule has 0 unspecified atom stereocenters. The van der Waals surface area contributed by atoms with Crippen LogP contribution in [-0.4, -0.2) is 25.7 Å². The van der Waals surface area contributed by atoms with Gasteiger partial charge in [0.15, 0.2) is 0 Å². The molecular weight excluding hydrogens is 142 g/mol. The molecule has 11 heavy (non-hydrogen) atoms. The molecule has 4 nitrogen and oxygen atoms in total. The maximum atomic E-state index is 10.3. The van der Waals surface area contributed by atoms with Crippen LogP contribution in [-0.2, 0) is 0 Å². The van der Waals surface area contributed by atoms with Crippen molar-refractivity contribution in [3.63, 3.8) is 0 Å². The highest BCUT2D eigenvalue weighted by atomic mass is 16.2. The number of nitrogens with one attached hydrogen (secondary N) is 2. The lowest BCUT2D eigenvalue weighted by Crippen LogP contribution is -2.39. The van der Waals surface area contributed by atoms with Crippen LogP contribution in [0.4, 0.5) is 4.79 Å². The number of piperidine rings is 1. The first-order valence-corrected chi connectivity index (χ1v) is 4.03. The number of hydrogen-bond donors (Lipinski definition) is 3. The zero-order valence-electron chi connectivity index (χ0n) is 6.60. The molecule has 0 aliphatic carbocycles. The smallest absolute Gasteiger partial charge is 0.312 e. The average molecular weight is 157 g/mol. The molecule has 1 saturated heterocycles. The highest BCUT2D eigenvalue weighted by Gasteiger charge is 2.12. The molecule has 4 N–H and O–H groups in total. The number of carbonyl (C=O) groups is 1. The zero-order chi connectivity index (χ0) is 8.10. The number of urea groups is 1. The number of rotatable bonds is 2. The van der Waals surface area contributed by atoms with E-state index in [1.165, 1.54) is 12.8 Å². The van der Waals surface area contributed by atoms with Gasteiger partial charge < -0.3 is 16.4 Å². The van der Waals surface area contributed by atoms with E-state index in [1.54, 1.807) is 0 Å². The third-order valence-electron chi connectivity index (χ3n) is 1.96. The number of carbonyl (C=O) groups excluding carboxylic acids is 1. The molecule has 1 heterocycles. The summed E-state index contributed by atoms with van der Waals surface area (Å²) >= 11 is 0. The molecule has 0 bridgehead atoms. The maximum absolute atomic E-state index is 10.3. The molecule has 0 aromatic carbocycles. The fourth-order valence-electron chi connectivity index (χ4n) is 1.34. The summed E-state index contributed by atoms with van der Waals surface area (Å²) in [5.41, 5.74) is 4.94. The lowest BCUT2D eigenvalue weighted by molar-refractivity contribution is 0.245. The van der Waals surface area contributed by atoms with Gasteiger partial charge in [-0.1, -0.05) is 0 Å². The van der Waals surface area contributed by atoms with Gasteiger partial charge in [0, 0.05) is 6.54 Å². The van der Waals surface area contributed by atoms with Crippen LogP contribution in [0.1, 0.15) is 12.8 Å². The molecule has 0 radical (unpaired) electrons. The highest BCUT2D eigenvalue weighted by Crippen LogP contribution is 2.07. The summed E-state index contributed by atoms with van der Waals surface area (Å²) in [4.78, 5) is 10.3. The van der Waals surface area contributed by atoms with Gasteiger partial charge in [-0.25, -0.2) is 4.79 Å². The Morgan fingerprint density at radius 3 is 3.09 bits per heavy atom. The van der Waals surface area contributed by atoms with Gasteiger partial charge in [0.25, 0.3) is 0 Å². The fraction of sp³-hybridized carbons (Fsp3) is 0.857. The third-order valence-corrected chi connectivity index (χ3v) is 1.96. The summed E-state index contributed by atoms with van der Waals surface area (Å²) in [6.45, 7) is 2.82. The van der Waals surface area contributed by atoms with Gasteiger partial charge in [-0.3, -0.25) is 0 Å². The molecule has 0 aromatic heterocycles. The predicted molar refractivity (Wildman–Crippen MR) is 43.2 cm³/mol. The van der Waals surface area contributed by atoms with E-state index in [2.05, 4.69) is 10.6 Å². The van der Waals surface area contributed by atoms with Gasteiger partial charge in [-0.15, -0.1) is 0 Å².